The van der Waals surface area contributed by atoms with Crippen molar-refractivity contribution in [2.45, 2.75) is 12.9 Å². The molecule has 0 spiro atoms. The first-order valence-electron chi connectivity index (χ1n) is 7.68. The van der Waals surface area contributed by atoms with Crippen molar-refractivity contribution in [3.05, 3.63) is 66.1 Å². The number of aromatic nitrogens is 2. The molecule has 0 radical (unpaired) electrons. The Morgan fingerprint density at radius 1 is 1.07 bits per heavy atom. The van der Waals surface area contributed by atoms with E-state index in [0.717, 1.165) is 17.7 Å². The second kappa shape index (κ2) is 7.87. The first kappa shape index (κ1) is 18.4. The van der Waals surface area contributed by atoms with Gasteiger partial charge in [-0.1, -0.05) is 35.5 Å². The molecule has 2 aromatic carbocycles. The van der Waals surface area contributed by atoms with E-state index in [1.165, 1.54) is 12.1 Å². The lowest BCUT2D eigenvalue weighted by Gasteiger charge is -2.08. The van der Waals surface area contributed by atoms with Crippen LogP contribution in [0.25, 0.3) is 11.4 Å². The number of alkyl halides is 3. The molecule has 1 amide bonds. The summed E-state index contributed by atoms with van der Waals surface area (Å²) in [6.07, 6.45) is -4.77. The Labute approximate surface area is 151 Å². The summed E-state index contributed by atoms with van der Waals surface area (Å²) in [5, 5.41) is 3.64. The van der Waals surface area contributed by atoms with Crippen LogP contribution in [0.15, 0.2) is 59.1 Å². The standard InChI is InChI=1S/C17H13F3N4O3/c18-17(19,20)26-13-8-6-12(7-9-13)14-22-16(27-24-14)15(25)23-21-10-11-4-2-1-3-5-11/h1-9,21H,10H2,(H,23,25). The Hall–Kier alpha value is -3.40. The maximum atomic E-state index is 12.2. The number of hydrogen-bond donors (Lipinski definition) is 2. The maximum Gasteiger partial charge on any atom is 0.573 e. The molecule has 0 saturated carbocycles. The molecule has 27 heavy (non-hydrogen) atoms. The number of benzene rings is 2. The molecule has 1 heterocycles. The molecule has 7 nitrogen and oxygen atoms in total. The van der Waals surface area contributed by atoms with Crippen LogP contribution in [0.5, 0.6) is 5.75 Å². The molecule has 1 aromatic heterocycles. The fourth-order valence-electron chi connectivity index (χ4n) is 2.11. The van der Waals surface area contributed by atoms with Gasteiger partial charge in [-0.05, 0) is 29.8 Å². The van der Waals surface area contributed by atoms with E-state index >= 15 is 0 Å². The number of ether oxygens (including phenoxy) is 1. The van der Waals surface area contributed by atoms with E-state index in [4.69, 9.17) is 4.52 Å². The van der Waals surface area contributed by atoms with Gasteiger partial charge in [0.1, 0.15) is 5.75 Å². The second-order valence-corrected chi connectivity index (χ2v) is 5.29. The van der Waals surface area contributed by atoms with Gasteiger partial charge in [0, 0.05) is 12.1 Å². The van der Waals surface area contributed by atoms with E-state index in [1.54, 1.807) is 0 Å². The van der Waals surface area contributed by atoms with Crippen LogP contribution < -0.4 is 15.6 Å². The Kier molecular flexibility index (Phi) is 5.36. The third kappa shape index (κ3) is 5.28. The molecule has 140 valence electrons. The van der Waals surface area contributed by atoms with Crippen molar-refractivity contribution in [1.29, 1.82) is 0 Å². The number of hydrogen-bond acceptors (Lipinski definition) is 6. The highest BCUT2D eigenvalue weighted by atomic mass is 19.4. The number of rotatable bonds is 6. The quantitative estimate of drug-likeness (QED) is 0.641. The molecule has 0 bridgehead atoms. The van der Waals surface area contributed by atoms with Crippen molar-refractivity contribution in [1.82, 2.24) is 21.0 Å². The van der Waals surface area contributed by atoms with Crippen molar-refractivity contribution >= 4 is 5.91 Å². The third-order valence-corrected chi connectivity index (χ3v) is 3.30. The summed E-state index contributed by atoms with van der Waals surface area (Å²) in [5.41, 5.74) is 6.47. The summed E-state index contributed by atoms with van der Waals surface area (Å²) in [5.74, 6) is -1.25. The molecule has 0 aliphatic heterocycles. The molecule has 0 aliphatic carbocycles. The third-order valence-electron chi connectivity index (χ3n) is 3.30. The Morgan fingerprint density at radius 2 is 1.78 bits per heavy atom. The number of carbonyl (C=O) groups excluding carboxylic acids is 1. The average Bonchev–Trinajstić information content (AvgIpc) is 3.12. The van der Waals surface area contributed by atoms with Crippen LogP contribution in [-0.4, -0.2) is 22.4 Å². The molecule has 3 aromatic rings. The summed E-state index contributed by atoms with van der Waals surface area (Å²) in [4.78, 5) is 15.9. The van der Waals surface area contributed by atoms with Gasteiger partial charge >= 0.3 is 18.2 Å². The summed E-state index contributed by atoms with van der Waals surface area (Å²) in [6.45, 7) is 0.397. The molecule has 2 N–H and O–H groups in total. The van der Waals surface area contributed by atoms with Gasteiger partial charge in [-0.2, -0.15) is 4.98 Å². The van der Waals surface area contributed by atoms with E-state index in [1.807, 2.05) is 30.3 Å². The van der Waals surface area contributed by atoms with Gasteiger partial charge in [0.2, 0.25) is 5.82 Å². The van der Waals surface area contributed by atoms with Crippen LogP contribution in [0, 0.1) is 0 Å². The van der Waals surface area contributed by atoms with Gasteiger partial charge in [0.25, 0.3) is 0 Å². The fraction of sp³-hybridized carbons (Fsp3) is 0.118. The predicted molar refractivity (Wildman–Crippen MR) is 87.2 cm³/mol. The number of amides is 1. The van der Waals surface area contributed by atoms with Crippen LogP contribution in [-0.2, 0) is 6.54 Å². The van der Waals surface area contributed by atoms with Crippen LogP contribution in [0.3, 0.4) is 0 Å². The first-order chi connectivity index (χ1) is 12.9. The fourth-order valence-corrected chi connectivity index (χ4v) is 2.11. The van der Waals surface area contributed by atoms with Crippen molar-refractivity contribution in [3.8, 4) is 17.1 Å². The number of nitrogens with zero attached hydrogens (tertiary/aromatic N) is 2. The molecule has 0 fully saturated rings. The number of hydrazine groups is 1. The largest absolute Gasteiger partial charge is 0.573 e. The second-order valence-electron chi connectivity index (χ2n) is 5.29. The van der Waals surface area contributed by atoms with E-state index in [9.17, 15) is 18.0 Å². The van der Waals surface area contributed by atoms with Gasteiger partial charge in [-0.15, -0.1) is 13.2 Å². The van der Waals surface area contributed by atoms with Crippen molar-refractivity contribution in [2.75, 3.05) is 0 Å². The SMILES string of the molecule is O=C(NNCc1ccccc1)c1nc(-c2ccc(OC(F)(F)F)cc2)no1. The molecular formula is C17H13F3N4O3. The molecule has 0 saturated heterocycles. The minimum Gasteiger partial charge on any atom is -0.406 e. The topological polar surface area (TPSA) is 89.3 Å². The summed E-state index contributed by atoms with van der Waals surface area (Å²) in [7, 11) is 0. The van der Waals surface area contributed by atoms with Crippen molar-refractivity contribution < 1.29 is 27.2 Å². The van der Waals surface area contributed by atoms with Crippen molar-refractivity contribution in [2.24, 2.45) is 0 Å². The Bertz CT molecular complexity index is 896. The average molecular weight is 378 g/mol. The molecule has 3 rings (SSSR count). The highest BCUT2D eigenvalue weighted by Crippen LogP contribution is 2.25. The number of carbonyl (C=O) groups is 1. The Balaban J connectivity index is 1.58. The highest BCUT2D eigenvalue weighted by Gasteiger charge is 2.31. The summed E-state index contributed by atoms with van der Waals surface area (Å²) >= 11 is 0. The zero-order valence-corrected chi connectivity index (χ0v) is 13.7. The minimum atomic E-state index is -4.77. The van der Waals surface area contributed by atoms with E-state index in [2.05, 4.69) is 25.7 Å². The molecule has 0 atom stereocenters. The Morgan fingerprint density at radius 3 is 2.44 bits per heavy atom. The van der Waals surface area contributed by atoms with Gasteiger partial charge in [0.15, 0.2) is 0 Å². The molecule has 0 aliphatic rings. The van der Waals surface area contributed by atoms with Gasteiger partial charge < -0.3 is 9.26 Å². The lowest BCUT2D eigenvalue weighted by Crippen LogP contribution is -2.37. The zero-order chi connectivity index (χ0) is 19.3. The number of halogens is 3. The summed E-state index contributed by atoms with van der Waals surface area (Å²) in [6, 6.07) is 14.3. The number of nitrogens with one attached hydrogen (secondary N) is 2. The predicted octanol–water partition coefficient (Wildman–Crippen LogP) is 3.07. The lowest BCUT2D eigenvalue weighted by molar-refractivity contribution is -0.274. The first-order valence-corrected chi connectivity index (χ1v) is 7.68. The molecule has 0 unspecified atom stereocenters. The van der Waals surface area contributed by atoms with Gasteiger partial charge in [-0.25, -0.2) is 5.43 Å². The zero-order valence-electron chi connectivity index (χ0n) is 13.7. The lowest BCUT2D eigenvalue weighted by atomic mass is 10.2. The van der Waals surface area contributed by atoms with E-state index in [-0.39, 0.29) is 17.5 Å². The normalized spacial score (nSPS) is 11.2. The monoisotopic (exact) mass is 378 g/mol. The van der Waals surface area contributed by atoms with E-state index < -0.39 is 12.3 Å². The van der Waals surface area contributed by atoms with Crippen LogP contribution in [0.1, 0.15) is 16.2 Å². The minimum absolute atomic E-state index is 0.0572. The maximum absolute atomic E-state index is 12.2. The van der Waals surface area contributed by atoms with E-state index in [0.29, 0.717) is 12.1 Å². The molecule has 10 heteroatoms. The van der Waals surface area contributed by atoms with Crippen molar-refractivity contribution in [3.63, 3.8) is 0 Å². The van der Waals surface area contributed by atoms with Crippen LogP contribution in [0.2, 0.25) is 0 Å². The van der Waals surface area contributed by atoms with Gasteiger partial charge in [0.05, 0.1) is 0 Å². The van der Waals surface area contributed by atoms with Crippen LogP contribution in [0.4, 0.5) is 13.2 Å². The van der Waals surface area contributed by atoms with Gasteiger partial charge in [-0.3, -0.25) is 10.2 Å². The highest BCUT2D eigenvalue weighted by molar-refractivity contribution is 5.89. The molecular weight excluding hydrogens is 365 g/mol. The smallest absolute Gasteiger partial charge is 0.406 e. The summed E-state index contributed by atoms with van der Waals surface area (Å²) < 4.78 is 45.1. The van der Waals surface area contributed by atoms with Crippen LogP contribution >= 0.6 is 0 Å².